The molecule has 0 unspecified atom stereocenters. The molecule has 0 saturated heterocycles. The van der Waals surface area contributed by atoms with Crippen molar-refractivity contribution in [1.82, 2.24) is 0 Å². The molecule has 146 valence electrons. The lowest BCUT2D eigenvalue weighted by Crippen LogP contribution is -2.16. The van der Waals surface area contributed by atoms with Gasteiger partial charge in [0, 0.05) is 0 Å². The van der Waals surface area contributed by atoms with Gasteiger partial charge in [-0.3, -0.25) is 0 Å². The lowest BCUT2D eigenvalue weighted by Gasteiger charge is -2.30. The van der Waals surface area contributed by atoms with E-state index in [0.29, 0.717) is 50.6 Å². The van der Waals surface area contributed by atoms with Crippen LogP contribution >= 0.6 is 0 Å². The molecule has 0 aliphatic rings. The molecule has 0 fully saturated rings. The number of benzene rings is 3. The van der Waals surface area contributed by atoms with E-state index in [0.717, 1.165) is 16.7 Å². The highest BCUT2D eigenvalue weighted by molar-refractivity contribution is 5.85. The van der Waals surface area contributed by atoms with Gasteiger partial charge in [0.2, 0.25) is 0 Å². The van der Waals surface area contributed by atoms with Crippen LogP contribution in [0.2, 0.25) is 0 Å². The standard InChI is InChI=1S/C28H34/c1-17-10-18(2)13-23(12-17)25-21(5)16-22(6)26(27(25)28(7,8)9)24-14-19(3)11-20(4)15-24/h10-16H,1-9H3/i10D,12D,13D,14D,15D,16D. The first-order valence-corrected chi connectivity index (χ1v) is 9.83. The molecule has 0 amide bonds. The third-order valence-corrected chi connectivity index (χ3v) is 4.95. The van der Waals surface area contributed by atoms with Gasteiger partial charge in [0.05, 0.1) is 8.22 Å². The first-order chi connectivity index (χ1) is 15.5. The normalized spacial score (nSPS) is 14.8. The van der Waals surface area contributed by atoms with Gasteiger partial charge in [-0.2, -0.15) is 0 Å². The van der Waals surface area contributed by atoms with Crippen LogP contribution in [0.15, 0.2) is 42.3 Å². The summed E-state index contributed by atoms with van der Waals surface area (Å²) < 4.78 is 52.8. The van der Waals surface area contributed by atoms with Crippen molar-refractivity contribution < 1.29 is 8.22 Å². The molecule has 0 bridgehead atoms. The summed E-state index contributed by atoms with van der Waals surface area (Å²) in [6.07, 6.45) is 0. The summed E-state index contributed by atoms with van der Waals surface area (Å²) >= 11 is 0. The van der Waals surface area contributed by atoms with Gasteiger partial charge in [-0.1, -0.05) is 85.3 Å². The highest BCUT2D eigenvalue weighted by Crippen LogP contribution is 2.44. The highest BCUT2D eigenvalue weighted by atomic mass is 14.3. The fourth-order valence-electron chi connectivity index (χ4n) is 4.10. The van der Waals surface area contributed by atoms with E-state index in [1.54, 1.807) is 13.8 Å². The number of hydrogen-bond donors (Lipinski definition) is 0. The number of hydrogen-bond acceptors (Lipinski definition) is 0. The minimum atomic E-state index is -0.468. The largest absolute Gasteiger partial charge is 0.0632 e. The third-order valence-electron chi connectivity index (χ3n) is 4.95. The van der Waals surface area contributed by atoms with Crippen LogP contribution < -0.4 is 0 Å². The average Bonchev–Trinajstić information content (AvgIpc) is 2.75. The van der Waals surface area contributed by atoms with Crippen LogP contribution in [0.4, 0.5) is 0 Å². The molecule has 0 saturated carbocycles. The monoisotopic (exact) mass is 376 g/mol. The van der Waals surface area contributed by atoms with E-state index in [1.165, 1.54) is 0 Å². The van der Waals surface area contributed by atoms with Gasteiger partial charge < -0.3 is 0 Å². The maximum atomic E-state index is 8.98. The molecule has 3 aromatic rings. The molecule has 3 rings (SSSR count). The average molecular weight is 377 g/mol. The lowest BCUT2D eigenvalue weighted by atomic mass is 9.74. The maximum Gasteiger partial charge on any atom is 0.0632 e. The zero-order chi connectivity index (χ0) is 26.0. The molecular formula is C28H34. The van der Waals surface area contributed by atoms with Crippen molar-refractivity contribution in [3.05, 3.63) is 81.3 Å². The van der Waals surface area contributed by atoms with E-state index in [2.05, 4.69) is 20.8 Å². The lowest BCUT2D eigenvalue weighted by molar-refractivity contribution is 0.592. The summed E-state index contributed by atoms with van der Waals surface area (Å²) in [4.78, 5) is 0. The number of aryl methyl sites for hydroxylation is 2. The van der Waals surface area contributed by atoms with Crippen LogP contribution in [-0.4, -0.2) is 0 Å². The predicted molar refractivity (Wildman–Crippen MR) is 124 cm³/mol. The van der Waals surface area contributed by atoms with E-state index in [4.69, 9.17) is 8.22 Å². The van der Waals surface area contributed by atoms with Crippen molar-refractivity contribution in [3.63, 3.8) is 0 Å². The molecule has 28 heavy (non-hydrogen) atoms. The first kappa shape index (κ1) is 13.8. The number of rotatable bonds is 2. The van der Waals surface area contributed by atoms with E-state index in [1.807, 2.05) is 33.8 Å². The zero-order valence-corrected chi connectivity index (χ0v) is 18.6. The molecule has 0 atom stereocenters. The van der Waals surface area contributed by atoms with Crippen LogP contribution in [-0.2, 0) is 5.41 Å². The van der Waals surface area contributed by atoms with Crippen molar-refractivity contribution in [2.45, 2.75) is 67.7 Å². The van der Waals surface area contributed by atoms with Crippen molar-refractivity contribution >= 4 is 0 Å². The molecule has 0 N–H and O–H groups in total. The SMILES string of the molecule is [2H]c1c(C)c([2H])c(-c2c(C)c([2H])c(C)c(-c3c([2H])c(C)cc(C)c3[2H])c2C(C)(C)C)c([2H])c1C. The molecular weight excluding hydrogens is 336 g/mol. The molecule has 0 radical (unpaired) electrons. The van der Waals surface area contributed by atoms with Crippen LogP contribution in [0.25, 0.3) is 22.3 Å². The van der Waals surface area contributed by atoms with Crippen LogP contribution in [0.5, 0.6) is 0 Å². The van der Waals surface area contributed by atoms with Crippen molar-refractivity contribution in [3.8, 4) is 22.3 Å². The summed E-state index contributed by atoms with van der Waals surface area (Å²) in [6, 6.07) is 3.12. The molecule has 0 heteroatoms. The molecule has 0 nitrogen and oxygen atoms in total. The van der Waals surface area contributed by atoms with Gasteiger partial charge >= 0.3 is 0 Å². The van der Waals surface area contributed by atoms with Gasteiger partial charge in [-0.05, 0) is 85.9 Å². The Morgan fingerprint density at radius 1 is 0.571 bits per heavy atom. The second-order valence-corrected chi connectivity index (χ2v) is 8.89. The second-order valence-electron chi connectivity index (χ2n) is 8.89. The summed E-state index contributed by atoms with van der Waals surface area (Å²) in [5, 5.41) is 0. The summed E-state index contributed by atoms with van der Waals surface area (Å²) in [6.45, 7) is 17.1. The Hall–Kier alpha value is -2.34. The molecule has 3 aromatic carbocycles. The van der Waals surface area contributed by atoms with E-state index >= 15 is 0 Å². The Morgan fingerprint density at radius 2 is 0.964 bits per heavy atom. The zero-order valence-electron chi connectivity index (χ0n) is 24.6. The topological polar surface area (TPSA) is 0 Å². The Bertz CT molecular complexity index is 1290. The maximum absolute atomic E-state index is 8.98. The Morgan fingerprint density at radius 3 is 1.36 bits per heavy atom. The van der Waals surface area contributed by atoms with Crippen LogP contribution in [0.1, 0.15) is 67.9 Å². The van der Waals surface area contributed by atoms with Crippen molar-refractivity contribution in [1.29, 1.82) is 0 Å². The molecule has 0 aromatic heterocycles. The Kier molecular flexibility index (Phi) is 3.56. The van der Waals surface area contributed by atoms with Gasteiger partial charge in [-0.15, -0.1) is 0 Å². The predicted octanol–water partition coefficient (Wildman–Crippen LogP) is 8.17. The van der Waals surface area contributed by atoms with Crippen LogP contribution in [0, 0.1) is 41.5 Å². The third kappa shape index (κ3) is 3.92. The molecule has 0 aliphatic heterocycles. The summed E-state index contributed by atoms with van der Waals surface area (Å²) in [7, 11) is 0. The summed E-state index contributed by atoms with van der Waals surface area (Å²) in [5.41, 5.74) is 6.54. The smallest absolute Gasteiger partial charge is 0.0563 e. The second kappa shape index (κ2) is 7.24. The van der Waals surface area contributed by atoms with Gasteiger partial charge in [0.15, 0.2) is 0 Å². The molecule has 0 heterocycles. The summed E-state index contributed by atoms with van der Waals surface area (Å²) in [5.74, 6) is 0. The fourth-order valence-corrected chi connectivity index (χ4v) is 4.10. The fraction of sp³-hybridized carbons (Fsp3) is 0.357. The first-order valence-electron chi connectivity index (χ1n) is 12.8. The Labute approximate surface area is 180 Å². The van der Waals surface area contributed by atoms with E-state index in [9.17, 15) is 0 Å². The Balaban J connectivity index is 2.74. The highest BCUT2D eigenvalue weighted by Gasteiger charge is 2.26. The van der Waals surface area contributed by atoms with Crippen molar-refractivity contribution in [2.24, 2.45) is 0 Å². The minimum Gasteiger partial charge on any atom is -0.0563 e. The van der Waals surface area contributed by atoms with Gasteiger partial charge in [0.25, 0.3) is 0 Å². The van der Waals surface area contributed by atoms with Gasteiger partial charge in [-0.25, -0.2) is 0 Å². The van der Waals surface area contributed by atoms with E-state index < -0.39 is 5.41 Å². The van der Waals surface area contributed by atoms with Crippen molar-refractivity contribution in [2.75, 3.05) is 0 Å². The van der Waals surface area contributed by atoms with Crippen LogP contribution in [0.3, 0.4) is 0 Å². The molecule has 0 aliphatic carbocycles. The minimum absolute atomic E-state index is 0.126. The molecule has 0 spiro atoms. The van der Waals surface area contributed by atoms with E-state index in [-0.39, 0.29) is 30.2 Å². The van der Waals surface area contributed by atoms with Gasteiger partial charge in [0.1, 0.15) is 0 Å². The quantitative estimate of drug-likeness (QED) is 0.423.